The number of aromatic nitrogens is 3. The van der Waals surface area contributed by atoms with E-state index in [0.717, 1.165) is 10.9 Å². The zero-order valence-electron chi connectivity index (χ0n) is 15.7. The Balaban J connectivity index is 1.65. The molecule has 1 aromatic carbocycles. The van der Waals surface area contributed by atoms with Crippen molar-refractivity contribution in [2.45, 2.75) is 30.7 Å². The summed E-state index contributed by atoms with van der Waals surface area (Å²) < 4.78 is 30.3. The number of carbonyl (C=O) groups excluding carboxylic acids is 1. The average Bonchev–Trinajstić information content (AvgIpc) is 3.08. The molecule has 2 aromatic heterocycles. The number of piperidine rings is 1. The van der Waals surface area contributed by atoms with Gasteiger partial charge in [-0.2, -0.15) is 9.82 Å². The van der Waals surface area contributed by atoms with Crippen LogP contribution in [-0.2, 0) is 21.9 Å². The Morgan fingerprint density at radius 1 is 1.25 bits per heavy atom. The number of anilines is 1. The van der Waals surface area contributed by atoms with Gasteiger partial charge in [0.25, 0.3) is 0 Å². The number of nitrogens with zero attached hydrogens (tertiary/aromatic N) is 4. The number of hydrogen-bond donors (Lipinski definition) is 1. The van der Waals surface area contributed by atoms with E-state index < -0.39 is 16.1 Å². The van der Waals surface area contributed by atoms with Crippen LogP contribution in [0, 0.1) is 6.92 Å². The molecule has 1 atom stereocenters. The average molecular weight is 399 g/mol. The van der Waals surface area contributed by atoms with E-state index in [0.29, 0.717) is 30.7 Å². The first-order valence-electron chi connectivity index (χ1n) is 9.04. The Morgan fingerprint density at radius 2 is 2.07 bits per heavy atom. The number of pyridine rings is 1. The fraction of sp³-hybridized carbons (Fsp3) is 0.316. The lowest BCUT2D eigenvalue weighted by molar-refractivity contribution is -0.121. The fourth-order valence-electron chi connectivity index (χ4n) is 3.55. The van der Waals surface area contributed by atoms with Crippen molar-refractivity contribution in [3.63, 3.8) is 0 Å². The molecule has 1 amide bonds. The second kappa shape index (κ2) is 6.99. The van der Waals surface area contributed by atoms with Crippen LogP contribution in [0.15, 0.2) is 47.6 Å². The minimum atomic E-state index is -3.92. The molecular formula is C19H21N5O3S. The van der Waals surface area contributed by atoms with Crippen LogP contribution < -0.4 is 9.62 Å². The van der Waals surface area contributed by atoms with Gasteiger partial charge in [-0.25, -0.2) is 8.42 Å². The van der Waals surface area contributed by atoms with Gasteiger partial charge in [-0.15, -0.1) is 0 Å². The number of fused-ring (bicyclic) bond motifs is 1. The van der Waals surface area contributed by atoms with E-state index in [1.807, 2.05) is 19.1 Å². The van der Waals surface area contributed by atoms with Gasteiger partial charge in [0.2, 0.25) is 15.9 Å². The molecule has 1 N–H and O–H groups in total. The van der Waals surface area contributed by atoms with Crippen LogP contribution in [0.3, 0.4) is 0 Å². The Hall–Kier alpha value is -2.78. The van der Waals surface area contributed by atoms with Crippen molar-refractivity contribution in [1.29, 1.82) is 0 Å². The summed E-state index contributed by atoms with van der Waals surface area (Å²) in [4.78, 5) is 18.9. The molecule has 4 rings (SSSR count). The Labute approximate surface area is 163 Å². The first-order chi connectivity index (χ1) is 13.4. The van der Waals surface area contributed by atoms with Crippen molar-refractivity contribution in [1.82, 2.24) is 19.5 Å². The van der Waals surface area contributed by atoms with E-state index in [1.54, 1.807) is 41.2 Å². The molecule has 1 aliphatic heterocycles. The highest BCUT2D eigenvalue weighted by molar-refractivity contribution is 7.89. The second-order valence-corrected chi connectivity index (χ2v) is 8.64. The normalized spacial score (nSPS) is 18.0. The van der Waals surface area contributed by atoms with Gasteiger partial charge in [-0.1, -0.05) is 12.1 Å². The lowest BCUT2D eigenvalue weighted by Gasteiger charge is -2.32. The molecule has 0 aliphatic carbocycles. The topological polar surface area (TPSA) is 97.2 Å². The van der Waals surface area contributed by atoms with Crippen molar-refractivity contribution in [2.75, 3.05) is 11.4 Å². The van der Waals surface area contributed by atoms with Crippen LogP contribution in [0.1, 0.15) is 18.4 Å². The monoisotopic (exact) mass is 399 g/mol. The molecule has 1 unspecified atom stereocenters. The van der Waals surface area contributed by atoms with Gasteiger partial charge < -0.3 is 0 Å². The molecule has 0 radical (unpaired) electrons. The maximum atomic E-state index is 13.1. The van der Waals surface area contributed by atoms with E-state index in [2.05, 4.69) is 14.8 Å². The molecular weight excluding hydrogens is 378 g/mol. The van der Waals surface area contributed by atoms with Gasteiger partial charge >= 0.3 is 0 Å². The molecule has 3 heterocycles. The smallest absolute Gasteiger partial charge is 0.246 e. The number of benzene rings is 1. The zero-order chi connectivity index (χ0) is 19.9. The standard InChI is InChI=1S/C19H21N5O3S/c1-13-11-14-5-3-7-16(18(14)20-12-13)28(26,27)22-15-6-4-10-24(19(15)25)17-8-9-21-23(17)2/h3,5,7-9,11-12,15,22H,4,6,10H2,1-2H3. The summed E-state index contributed by atoms with van der Waals surface area (Å²) in [5.74, 6) is 0.374. The molecule has 0 spiro atoms. The maximum absolute atomic E-state index is 13.1. The fourth-order valence-corrected chi connectivity index (χ4v) is 4.96. The van der Waals surface area contributed by atoms with Crippen molar-refractivity contribution in [3.8, 4) is 0 Å². The van der Waals surface area contributed by atoms with Gasteiger partial charge in [0, 0.05) is 31.2 Å². The second-order valence-electron chi connectivity index (χ2n) is 6.96. The lowest BCUT2D eigenvalue weighted by Crippen LogP contribution is -2.52. The Kier molecular flexibility index (Phi) is 4.64. The predicted octanol–water partition coefficient (Wildman–Crippen LogP) is 1.75. The van der Waals surface area contributed by atoms with Crippen molar-refractivity contribution < 1.29 is 13.2 Å². The molecule has 1 aliphatic rings. The van der Waals surface area contributed by atoms with E-state index >= 15 is 0 Å². The number of rotatable bonds is 4. The first-order valence-corrected chi connectivity index (χ1v) is 10.5. The minimum Gasteiger partial charge on any atom is -0.296 e. The molecule has 3 aromatic rings. The Bertz CT molecular complexity index is 1160. The molecule has 0 bridgehead atoms. The highest BCUT2D eigenvalue weighted by Crippen LogP contribution is 2.24. The Morgan fingerprint density at radius 3 is 2.82 bits per heavy atom. The summed E-state index contributed by atoms with van der Waals surface area (Å²) in [5, 5.41) is 4.84. The van der Waals surface area contributed by atoms with Crippen LogP contribution in [0.5, 0.6) is 0 Å². The van der Waals surface area contributed by atoms with Crippen LogP contribution in [0.25, 0.3) is 10.9 Å². The van der Waals surface area contributed by atoms with Crippen LogP contribution in [-0.4, -0.2) is 41.7 Å². The molecule has 9 heteroatoms. The number of amides is 1. The van der Waals surface area contributed by atoms with E-state index in [-0.39, 0.29) is 10.8 Å². The third kappa shape index (κ3) is 3.27. The summed E-state index contributed by atoms with van der Waals surface area (Å²) >= 11 is 0. The number of carbonyl (C=O) groups is 1. The van der Waals surface area contributed by atoms with Crippen LogP contribution in [0.4, 0.5) is 5.82 Å². The van der Waals surface area contributed by atoms with Gasteiger partial charge in [-0.05, 0) is 37.5 Å². The number of nitrogens with one attached hydrogen (secondary N) is 1. The lowest BCUT2D eigenvalue weighted by atomic mass is 10.1. The molecule has 28 heavy (non-hydrogen) atoms. The highest BCUT2D eigenvalue weighted by Gasteiger charge is 2.34. The molecule has 1 saturated heterocycles. The van der Waals surface area contributed by atoms with Crippen LogP contribution >= 0.6 is 0 Å². The van der Waals surface area contributed by atoms with Gasteiger partial charge in [0.05, 0.1) is 11.7 Å². The van der Waals surface area contributed by atoms with Crippen molar-refractivity contribution in [3.05, 3.63) is 48.3 Å². The largest absolute Gasteiger partial charge is 0.296 e. The number of sulfonamides is 1. The SMILES string of the molecule is Cc1cnc2c(S(=O)(=O)NC3CCCN(c4ccnn4C)C3=O)cccc2c1. The highest BCUT2D eigenvalue weighted by atomic mass is 32.2. The third-order valence-corrected chi connectivity index (χ3v) is 6.41. The molecule has 1 fully saturated rings. The number of aryl methyl sites for hydroxylation is 2. The van der Waals surface area contributed by atoms with Crippen LogP contribution in [0.2, 0.25) is 0 Å². The third-order valence-electron chi connectivity index (χ3n) is 4.91. The quantitative estimate of drug-likeness (QED) is 0.721. The predicted molar refractivity (Wildman–Crippen MR) is 105 cm³/mol. The van der Waals surface area contributed by atoms with E-state index in [9.17, 15) is 13.2 Å². The van der Waals surface area contributed by atoms with E-state index in [1.165, 1.54) is 6.07 Å². The summed E-state index contributed by atoms with van der Waals surface area (Å²) in [6.07, 6.45) is 4.39. The molecule has 8 nitrogen and oxygen atoms in total. The minimum absolute atomic E-state index is 0.0791. The van der Waals surface area contributed by atoms with Crippen molar-refractivity contribution >= 4 is 32.7 Å². The molecule has 146 valence electrons. The van der Waals surface area contributed by atoms with E-state index in [4.69, 9.17) is 0 Å². The number of hydrogen-bond acceptors (Lipinski definition) is 5. The summed E-state index contributed by atoms with van der Waals surface area (Å²) in [7, 11) is -2.17. The number of para-hydroxylation sites is 1. The van der Waals surface area contributed by atoms with Crippen molar-refractivity contribution in [2.24, 2.45) is 7.05 Å². The summed E-state index contributed by atoms with van der Waals surface area (Å²) in [5.41, 5.74) is 1.34. The van der Waals surface area contributed by atoms with Gasteiger partial charge in [-0.3, -0.25) is 19.4 Å². The summed E-state index contributed by atoms with van der Waals surface area (Å²) in [6, 6.07) is 7.82. The first kappa shape index (κ1) is 18.6. The zero-order valence-corrected chi connectivity index (χ0v) is 16.5. The summed E-state index contributed by atoms with van der Waals surface area (Å²) in [6.45, 7) is 2.44. The van der Waals surface area contributed by atoms with Gasteiger partial charge in [0.1, 0.15) is 16.8 Å². The maximum Gasteiger partial charge on any atom is 0.246 e. The van der Waals surface area contributed by atoms with Gasteiger partial charge in [0.15, 0.2) is 0 Å². The molecule has 0 saturated carbocycles.